The lowest BCUT2D eigenvalue weighted by molar-refractivity contribution is 0.476. The van der Waals surface area contributed by atoms with Crippen molar-refractivity contribution in [2.75, 3.05) is 7.05 Å². The van der Waals surface area contributed by atoms with Crippen LogP contribution in [0, 0.1) is 11.3 Å². The number of nitrogens with zero attached hydrogens (tertiary/aromatic N) is 2. The summed E-state index contributed by atoms with van der Waals surface area (Å²) in [6, 6.07) is 13.3. The van der Waals surface area contributed by atoms with E-state index in [2.05, 4.69) is 23.3 Å². The van der Waals surface area contributed by atoms with Gasteiger partial charge < -0.3 is 10.1 Å². The lowest BCUT2D eigenvalue weighted by Crippen LogP contribution is -2.16. The Labute approximate surface area is 119 Å². The van der Waals surface area contributed by atoms with Crippen LogP contribution in [0.3, 0.4) is 0 Å². The molecule has 0 saturated heterocycles. The summed E-state index contributed by atoms with van der Waals surface area (Å²) in [6.07, 6.45) is 2.66. The number of para-hydroxylation sites is 1. The van der Waals surface area contributed by atoms with Gasteiger partial charge in [0.2, 0.25) is 0 Å². The summed E-state index contributed by atoms with van der Waals surface area (Å²) in [5.41, 5.74) is 1.49. The van der Waals surface area contributed by atoms with E-state index in [-0.39, 0.29) is 6.04 Å². The highest BCUT2D eigenvalue weighted by Gasteiger charge is 2.09. The topological polar surface area (TPSA) is 57.9 Å². The van der Waals surface area contributed by atoms with Crippen LogP contribution in [0.1, 0.15) is 30.6 Å². The molecule has 0 saturated carbocycles. The second-order valence-electron chi connectivity index (χ2n) is 4.38. The lowest BCUT2D eigenvalue weighted by Gasteiger charge is -2.13. The minimum absolute atomic E-state index is 0.246. The minimum Gasteiger partial charge on any atom is -0.454 e. The fourth-order valence-electron chi connectivity index (χ4n) is 1.99. The number of benzene rings is 1. The highest BCUT2D eigenvalue weighted by molar-refractivity contribution is 5.44. The predicted molar refractivity (Wildman–Crippen MR) is 77.6 cm³/mol. The van der Waals surface area contributed by atoms with Gasteiger partial charge in [-0.05, 0) is 37.7 Å². The van der Waals surface area contributed by atoms with Crippen molar-refractivity contribution in [3.05, 3.63) is 53.9 Å². The molecule has 0 aliphatic carbocycles. The summed E-state index contributed by atoms with van der Waals surface area (Å²) in [4.78, 5) is 4.40. The predicted octanol–water partition coefficient (Wildman–Crippen LogP) is 3.42. The Morgan fingerprint density at radius 3 is 2.70 bits per heavy atom. The molecule has 0 amide bonds. The maximum absolute atomic E-state index is 9.02. The van der Waals surface area contributed by atoms with Crippen molar-refractivity contribution in [2.24, 2.45) is 0 Å². The largest absolute Gasteiger partial charge is 0.454 e. The fourth-order valence-corrected chi connectivity index (χ4v) is 1.99. The molecule has 1 unspecified atom stereocenters. The molecule has 1 atom stereocenters. The van der Waals surface area contributed by atoms with Crippen LogP contribution in [0.25, 0.3) is 0 Å². The molecule has 102 valence electrons. The summed E-state index contributed by atoms with van der Waals surface area (Å²) in [5.74, 6) is 1.17. The maximum Gasteiger partial charge on any atom is 0.145 e. The summed E-state index contributed by atoms with van der Waals surface area (Å²) < 4.78 is 5.70. The Balaban J connectivity index is 2.17. The number of hydrogen-bond acceptors (Lipinski definition) is 4. The smallest absolute Gasteiger partial charge is 0.145 e. The highest BCUT2D eigenvalue weighted by atomic mass is 16.5. The summed E-state index contributed by atoms with van der Waals surface area (Å²) in [5, 5.41) is 12.2. The first-order valence-corrected chi connectivity index (χ1v) is 6.58. The Morgan fingerprint density at radius 2 is 2.10 bits per heavy atom. The number of rotatable bonds is 5. The van der Waals surface area contributed by atoms with Gasteiger partial charge in [0.05, 0.1) is 17.5 Å². The van der Waals surface area contributed by atoms with E-state index in [4.69, 9.17) is 10.00 Å². The Bertz CT molecular complexity index is 598. The molecule has 0 radical (unpaired) electrons. The molecule has 2 aromatic rings. The Kier molecular flexibility index (Phi) is 4.70. The van der Waals surface area contributed by atoms with Crippen LogP contribution in [-0.4, -0.2) is 12.0 Å². The molecule has 0 aliphatic rings. The van der Waals surface area contributed by atoms with E-state index in [0.717, 1.165) is 12.1 Å². The van der Waals surface area contributed by atoms with E-state index in [1.807, 2.05) is 31.3 Å². The molecule has 0 bridgehead atoms. The molecular weight excluding hydrogens is 250 g/mol. The third-order valence-corrected chi connectivity index (χ3v) is 3.11. The van der Waals surface area contributed by atoms with Crippen LogP contribution < -0.4 is 10.1 Å². The van der Waals surface area contributed by atoms with E-state index in [9.17, 15) is 0 Å². The van der Waals surface area contributed by atoms with E-state index in [0.29, 0.717) is 17.1 Å². The molecule has 0 aliphatic heterocycles. The van der Waals surface area contributed by atoms with Crippen molar-refractivity contribution in [3.8, 4) is 17.6 Å². The number of nitrogens with one attached hydrogen (secondary N) is 1. The zero-order valence-electron chi connectivity index (χ0n) is 11.6. The van der Waals surface area contributed by atoms with Gasteiger partial charge in [0, 0.05) is 6.04 Å². The van der Waals surface area contributed by atoms with E-state index >= 15 is 0 Å². The standard InChI is InChI=1S/C16H17N3O/c1-3-14(18-2)15-9-8-13(11-19-15)20-16-7-5-4-6-12(16)10-17/h4-9,11,14,18H,3H2,1-2H3. The van der Waals surface area contributed by atoms with Gasteiger partial charge in [0.1, 0.15) is 17.6 Å². The van der Waals surface area contributed by atoms with Gasteiger partial charge in [-0.2, -0.15) is 5.26 Å². The molecule has 1 aromatic heterocycles. The molecule has 4 heteroatoms. The fraction of sp³-hybridized carbons (Fsp3) is 0.250. The van der Waals surface area contributed by atoms with Crippen LogP contribution in [-0.2, 0) is 0 Å². The molecule has 20 heavy (non-hydrogen) atoms. The second-order valence-corrected chi connectivity index (χ2v) is 4.38. The maximum atomic E-state index is 9.02. The van der Waals surface area contributed by atoms with Crippen molar-refractivity contribution in [2.45, 2.75) is 19.4 Å². The van der Waals surface area contributed by atoms with Crippen molar-refractivity contribution in [1.82, 2.24) is 10.3 Å². The van der Waals surface area contributed by atoms with Crippen LogP contribution >= 0.6 is 0 Å². The van der Waals surface area contributed by atoms with E-state index in [1.165, 1.54) is 0 Å². The first-order valence-electron chi connectivity index (χ1n) is 6.58. The van der Waals surface area contributed by atoms with Crippen molar-refractivity contribution in [3.63, 3.8) is 0 Å². The molecule has 0 spiro atoms. The lowest BCUT2D eigenvalue weighted by atomic mass is 10.1. The molecule has 1 N–H and O–H groups in total. The van der Waals surface area contributed by atoms with Gasteiger partial charge in [0.15, 0.2) is 0 Å². The number of ether oxygens (including phenoxy) is 1. The Morgan fingerprint density at radius 1 is 1.30 bits per heavy atom. The molecule has 4 nitrogen and oxygen atoms in total. The van der Waals surface area contributed by atoms with Gasteiger partial charge in [0.25, 0.3) is 0 Å². The first-order chi connectivity index (χ1) is 9.78. The molecule has 1 heterocycles. The molecule has 1 aromatic carbocycles. The van der Waals surface area contributed by atoms with Crippen molar-refractivity contribution in [1.29, 1.82) is 5.26 Å². The van der Waals surface area contributed by atoms with Crippen molar-refractivity contribution >= 4 is 0 Å². The zero-order chi connectivity index (χ0) is 14.4. The van der Waals surface area contributed by atoms with Crippen LogP contribution in [0.4, 0.5) is 0 Å². The third kappa shape index (κ3) is 3.14. The quantitative estimate of drug-likeness (QED) is 0.901. The molecular formula is C16H17N3O. The number of nitriles is 1. The second kappa shape index (κ2) is 6.69. The van der Waals surface area contributed by atoms with E-state index < -0.39 is 0 Å². The number of aromatic nitrogens is 1. The first kappa shape index (κ1) is 14.0. The van der Waals surface area contributed by atoms with Gasteiger partial charge in [-0.3, -0.25) is 4.98 Å². The van der Waals surface area contributed by atoms with Crippen LogP contribution in [0.15, 0.2) is 42.6 Å². The van der Waals surface area contributed by atoms with Crippen molar-refractivity contribution < 1.29 is 4.74 Å². The summed E-state index contributed by atoms with van der Waals surface area (Å²) in [7, 11) is 1.92. The third-order valence-electron chi connectivity index (χ3n) is 3.11. The monoisotopic (exact) mass is 267 g/mol. The van der Waals surface area contributed by atoms with E-state index in [1.54, 1.807) is 18.3 Å². The number of hydrogen-bond donors (Lipinski definition) is 1. The highest BCUT2D eigenvalue weighted by Crippen LogP contribution is 2.25. The molecule has 0 fully saturated rings. The van der Waals surface area contributed by atoms with Gasteiger partial charge >= 0.3 is 0 Å². The van der Waals surface area contributed by atoms with Gasteiger partial charge in [-0.25, -0.2) is 0 Å². The minimum atomic E-state index is 0.246. The van der Waals surface area contributed by atoms with Gasteiger partial charge in [-0.1, -0.05) is 19.1 Å². The van der Waals surface area contributed by atoms with Crippen LogP contribution in [0.2, 0.25) is 0 Å². The van der Waals surface area contributed by atoms with Crippen LogP contribution in [0.5, 0.6) is 11.5 Å². The van der Waals surface area contributed by atoms with Gasteiger partial charge in [-0.15, -0.1) is 0 Å². The summed E-state index contributed by atoms with van der Waals surface area (Å²) in [6.45, 7) is 2.11. The summed E-state index contributed by atoms with van der Waals surface area (Å²) >= 11 is 0. The Hall–Kier alpha value is -2.38. The molecule has 2 rings (SSSR count). The SMILES string of the molecule is CCC(NC)c1ccc(Oc2ccccc2C#N)cn1. The average Bonchev–Trinajstić information content (AvgIpc) is 2.51. The normalized spacial score (nSPS) is 11.7. The zero-order valence-corrected chi connectivity index (χ0v) is 11.6. The number of pyridine rings is 1. The average molecular weight is 267 g/mol.